The zero-order valence-electron chi connectivity index (χ0n) is 8.08. The van der Waals surface area contributed by atoms with E-state index in [0.29, 0.717) is 0 Å². The van der Waals surface area contributed by atoms with Gasteiger partial charge in [0.25, 0.3) is 0 Å². The third kappa shape index (κ3) is 2.86. The minimum Gasteiger partial charge on any atom is -0.295 e. The highest BCUT2D eigenvalue weighted by Crippen LogP contribution is 2.10. The van der Waals surface area contributed by atoms with Crippen LogP contribution in [0.3, 0.4) is 0 Å². The smallest absolute Gasteiger partial charge is 0.152 e. The Morgan fingerprint density at radius 3 is 2.69 bits per heavy atom. The van der Waals surface area contributed by atoms with Gasteiger partial charge >= 0.3 is 0 Å². The summed E-state index contributed by atoms with van der Waals surface area (Å²) in [5.74, 6) is 0.0888. The summed E-state index contributed by atoms with van der Waals surface area (Å²) in [6, 6.07) is 8.11. The molecule has 0 radical (unpaired) electrons. The van der Waals surface area contributed by atoms with Crippen LogP contribution in [0, 0.1) is 0 Å². The van der Waals surface area contributed by atoms with Crippen LogP contribution in [0.1, 0.15) is 25.0 Å². The Bertz CT molecular complexity index is 324. The largest absolute Gasteiger partial charge is 0.295 e. The Balaban J connectivity index is 2.93. The molecule has 0 aliphatic carbocycles. The van der Waals surface area contributed by atoms with Crippen molar-refractivity contribution in [3.05, 3.63) is 41.5 Å². The zero-order valence-corrected chi connectivity index (χ0v) is 8.08. The maximum Gasteiger partial charge on any atom is 0.152 e. The quantitative estimate of drug-likeness (QED) is 0.644. The van der Waals surface area contributed by atoms with E-state index in [0.717, 1.165) is 12.0 Å². The fourth-order valence-electron chi connectivity index (χ4n) is 1.23. The molecule has 1 nitrogen and oxygen atoms in total. The van der Waals surface area contributed by atoms with E-state index < -0.39 is 0 Å². The molecule has 13 heavy (non-hydrogen) atoms. The molecule has 1 aromatic rings. The molecule has 0 N–H and O–H groups in total. The van der Waals surface area contributed by atoms with E-state index in [2.05, 4.69) is 13.0 Å². The number of aryl methyl sites for hydroxylation is 1. The Morgan fingerprint density at radius 2 is 2.08 bits per heavy atom. The van der Waals surface area contributed by atoms with Crippen molar-refractivity contribution in [2.75, 3.05) is 0 Å². The summed E-state index contributed by atoms with van der Waals surface area (Å²) in [5.41, 5.74) is 2.42. The van der Waals surface area contributed by atoms with Gasteiger partial charge in [-0.25, -0.2) is 0 Å². The Hall–Kier alpha value is -1.37. The lowest BCUT2D eigenvalue weighted by atomic mass is 10.0. The summed E-state index contributed by atoms with van der Waals surface area (Å²) in [5, 5.41) is 0. The third-order valence-electron chi connectivity index (χ3n) is 1.93. The van der Waals surface area contributed by atoms with Crippen molar-refractivity contribution < 1.29 is 4.79 Å². The first kappa shape index (κ1) is 9.72. The van der Waals surface area contributed by atoms with Crippen molar-refractivity contribution in [3.63, 3.8) is 0 Å². The van der Waals surface area contributed by atoms with E-state index in [1.165, 1.54) is 5.56 Å². The lowest BCUT2D eigenvalue weighted by Crippen LogP contribution is -1.86. The zero-order chi connectivity index (χ0) is 9.68. The Labute approximate surface area is 79.1 Å². The van der Waals surface area contributed by atoms with Crippen molar-refractivity contribution in [3.8, 4) is 0 Å². The Morgan fingerprint density at radius 1 is 1.38 bits per heavy atom. The highest BCUT2D eigenvalue weighted by molar-refractivity contribution is 5.91. The predicted molar refractivity (Wildman–Crippen MR) is 55.5 cm³/mol. The maximum atomic E-state index is 10.7. The molecule has 0 fully saturated rings. The van der Waals surface area contributed by atoms with Gasteiger partial charge in [-0.1, -0.05) is 37.3 Å². The molecule has 0 spiro atoms. The predicted octanol–water partition coefficient (Wildman–Crippen LogP) is 2.85. The van der Waals surface area contributed by atoms with Crippen LogP contribution >= 0.6 is 0 Å². The summed E-state index contributed by atoms with van der Waals surface area (Å²) < 4.78 is 0. The van der Waals surface area contributed by atoms with Gasteiger partial charge in [-0.05, 0) is 30.5 Å². The van der Waals surface area contributed by atoms with Crippen LogP contribution in [0.5, 0.6) is 0 Å². The molecule has 0 saturated heterocycles. The van der Waals surface area contributed by atoms with E-state index in [4.69, 9.17) is 0 Å². The summed E-state index contributed by atoms with van der Waals surface area (Å²) in [7, 11) is 0. The second-order valence-electron chi connectivity index (χ2n) is 3.00. The molecular formula is C12H14O. The molecule has 0 unspecified atom stereocenters. The van der Waals surface area contributed by atoms with Gasteiger partial charge in [0, 0.05) is 0 Å². The molecule has 0 amide bonds. The van der Waals surface area contributed by atoms with Crippen LogP contribution in [0.2, 0.25) is 0 Å². The molecule has 0 atom stereocenters. The molecular weight excluding hydrogens is 160 g/mol. The summed E-state index contributed by atoms with van der Waals surface area (Å²) in [6.07, 6.45) is 4.48. The maximum absolute atomic E-state index is 10.7. The number of rotatable bonds is 3. The minimum absolute atomic E-state index is 0.0888. The van der Waals surface area contributed by atoms with Crippen molar-refractivity contribution in [2.24, 2.45) is 0 Å². The van der Waals surface area contributed by atoms with E-state index >= 15 is 0 Å². The second-order valence-corrected chi connectivity index (χ2v) is 3.00. The van der Waals surface area contributed by atoms with Crippen LogP contribution in [0.25, 0.3) is 6.08 Å². The molecule has 1 rings (SSSR count). The van der Waals surface area contributed by atoms with Crippen LogP contribution < -0.4 is 0 Å². The molecule has 0 aliphatic heterocycles. The summed E-state index contributed by atoms with van der Waals surface area (Å²) in [6.45, 7) is 3.67. The highest BCUT2D eigenvalue weighted by Gasteiger charge is 1.94. The van der Waals surface area contributed by atoms with Gasteiger partial charge in [-0.2, -0.15) is 0 Å². The summed E-state index contributed by atoms with van der Waals surface area (Å²) >= 11 is 0. The standard InChI is InChI=1S/C12H14O/c1-3-11-6-4-5-7-12(11)9-8-10(2)13/h4-9H,3H2,1-2H3/b9-8+. The average molecular weight is 174 g/mol. The fraction of sp³-hybridized carbons (Fsp3) is 0.250. The molecule has 1 aromatic carbocycles. The van der Waals surface area contributed by atoms with Gasteiger partial charge in [0.2, 0.25) is 0 Å². The SMILES string of the molecule is CCc1ccccc1/C=C/C(C)=O. The number of ketones is 1. The van der Waals surface area contributed by atoms with Crippen molar-refractivity contribution in [2.45, 2.75) is 20.3 Å². The van der Waals surface area contributed by atoms with Gasteiger partial charge in [0.15, 0.2) is 5.78 Å². The third-order valence-corrected chi connectivity index (χ3v) is 1.93. The van der Waals surface area contributed by atoms with Gasteiger partial charge in [0.1, 0.15) is 0 Å². The topological polar surface area (TPSA) is 17.1 Å². The van der Waals surface area contributed by atoms with Gasteiger partial charge in [-0.15, -0.1) is 0 Å². The van der Waals surface area contributed by atoms with Crippen LogP contribution in [0.4, 0.5) is 0 Å². The van der Waals surface area contributed by atoms with E-state index in [1.807, 2.05) is 24.3 Å². The molecule has 0 bridgehead atoms. The van der Waals surface area contributed by atoms with E-state index in [-0.39, 0.29) is 5.78 Å². The first-order chi connectivity index (χ1) is 6.24. The van der Waals surface area contributed by atoms with Crippen LogP contribution in [-0.2, 0) is 11.2 Å². The van der Waals surface area contributed by atoms with E-state index in [9.17, 15) is 4.79 Å². The second kappa shape index (κ2) is 4.61. The normalized spacial score (nSPS) is 10.6. The molecule has 1 heteroatoms. The first-order valence-corrected chi connectivity index (χ1v) is 4.50. The average Bonchev–Trinajstić information content (AvgIpc) is 2.15. The van der Waals surface area contributed by atoms with E-state index in [1.54, 1.807) is 13.0 Å². The fourth-order valence-corrected chi connectivity index (χ4v) is 1.23. The van der Waals surface area contributed by atoms with Gasteiger partial charge in [-0.3, -0.25) is 4.79 Å². The summed E-state index contributed by atoms with van der Waals surface area (Å²) in [4.78, 5) is 10.7. The lowest BCUT2D eigenvalue weighted by Gasteiger charge is -2.00. The number of hydrogen-bond acceptors (Lipinski definition) is 1. The number of hydrogen-bond donors (Lipinski definition) is 0. The highest BCUT2D eigenvalue weighted by atomic mass is 16.1. The molecule has 0 aliphatic rings. The van der Waals surface area contributed by atoms with Gasteiger partial charge in [0.05, 0.1) is 0 Å². The number of carbonyl (C=O) groups excluding carboxylic acids is 1. The van der Waals surface area contributed by atoms with Crippen LogP contribution in [-0.4, -0.2) is 5.78 Å². The first-order valence-electron chi connectivity index (χ1n) is 4.50. The number of carbonyl (C=O) groups is 1. The Kier molecular flexibility index (Phi) is 3.44. The van der Waals surface area contributed by atoms with Gasteiger partial charge < -0.3 is 0 Å². The molecule has 0 aromatic heterocycles. The minimum atomic E-state index is 0.0888. The molecule has 68 valence electrons. The van der Waals surface area contributed by atoms with Crippen molar-refractivity contribution in [1.82, 2.24) is 0 Å². The lowest BCUT2D eigenvalue weighted by molar-refractivity contribution is -0.112. The number of allylic oxidation sites excluding steroid dienone is 1. The molecule has 0 heterocycles. The monoisotopic (exact) mass is 174 g/mol. The van der Waals surface area contributed by atoms with Crippen molar-refractivity contribution in [1.29, 1.82) is 0 Å². The van der Waals surface area contributed by atoms with Crippen molar-refractivity contribution >= 4 is 11.9 Å². The number of benzene rings is 1. The van der Waals surface area contributed by atoms with Crippen LogP contribution in [0.15, 0.2) is 30.3 Å². The molecule has 0 saturated carbocycles.